The molecule has 1 N–H and O–H groups in total. The number of benzene rings is 2. The molecule has 2 aromatic carbocycles. The number of fused-ring (bicyclic) bond motifs is 7. The third kappa shape index (κ3) is 3.13. The van der Waals surface area contributed by atoms with Gasteiger partial charge >= 0.3 is 0 Å². The quantitative estimate of drug-likeness (QED) is 0.229. The van der Waals surface area contributed by atoms with Crippen molar-refractivity contribution in [2.45, 2.75) is 19.3 Å². The number of likely N-dealkylation sites (tertiary alicyclic amines) is 1. The smallest absolute Gasteiger partial charge is 0.173 e. The van der Waals surface area contributed by atoms with Gasteiger partial charge < -0.3 is 10.2 Å². The number of anilines is 1. The number of thiocarbonyl (C=S) groups is 1. The highest BCUT2D eigenvalue weighted by atomic mass is 32.1. The van der Waals surface area contributed by atoms with Gasteiger partial charge in [0.15, 0.2) is 5.11 Å². The molecule has 7 heteroatoms. The van der Waals surface area contributed by atoms with E-state index in [4.69, 9.17) is 22.2 Å². The molecule has 0 bridgehead atoms. The number of nitrogens with zero attached hydrogens (tertiary/aromatic N) is 5. The van der Waals surface area contributed by atoms with Crippen LogP contribution in [-0.2, 0) is 0 Å². The molecule has 0 unspecified atom stereocenters. The Morgan fingerprint density at radius 1 is 0.774 bits per heavy atom. The molecule has 0 spiro atoms. The summed E-state index contributed by atoms with van der Waals surface area (Å²) in [4.78, 5) is 21.4. The molecule has 0 radical (unpaired) electrons. The van der Waals surface area contributed by atoms with Crippen molar-refractivity contribution in [3.63, 3.8) is 0 Å². The highest BCUT2D eigenvalue weighted by Crippen LogP contribution is 2.32. The maximum Gasteiger partial charge on any atom is 0.173 e. The Morgan fingerprint density at radius 2 is 1.42 bits per heavy atom. The van der Waals surface area contributed by atoms with Crippen LogP contribution in [0.2, 0.25) is 0 Å². The Bertz CT molecular complexity index is 1480. The fourth-order valence-electron chi connectivity index (χ4n) is 4.38. The van der Waals surface area contributed by atoms with E-state index in [-0.39, 0.29) is 0 Å². The van der Waals surface area contributed by atoms with E-state index >= 15 is 0 Å². The maximum atomic E-state index is 5.64. The van der Waals surface area contributed by atoms with E-state index in [0.29, 0.717) is 0 Å². The molecule has 0 saturated carbocycles. The van der Waals surface area contributed by atoms with Crippen molar-refractivity contribution in [1.82, 2.24) is 24.8 Å². The molecule has 5 aromatic rings. The van der Waals surface area contributed by atoms with Crippen molar-refractivity contribution < 1.29 is 0 Å². The lowest BCUT2D eigenvalue weighted by atomic mass is 10.1. The van der Waals surface area contributed by atoms with Crippen molar-refractivity contribution in [1.29, 1.82) is 0 Å². The van der Waals surface area contributed by atoms with Gasteiger partial charge in [-0.1, -0.05) is 0 Å². The van der Waals surface area contributed by atoms with Crippen molar-refractivity contribution >= 4 is 66.9 Å². The fraction of sp³-hybridized carbons (Fsp3) is 0.208. The summed E-state index contributed by atoms with van der Waals surface area (Å²) < 4.78 is 0. The highest BCUT2D eigenvalue weighted by molar-refractivity contribution is 7.80. The Morgan fingerprint density at radius 3 is 2.10 bits per heavy atom. The minimum absolute atomic E-state index is 0.777. The minimum Gasteiger partial charge on any atom is -0.349 e. The second kappa shape index (κ2) is 7.35. The van der Waals surface area contributed by atoms with E-state index < -0.39 is 0 Å². The molecule has 1 fully saturated rings. The van der Waals surface area contributed by atoms with Crippen LogP contribution in [0, 0.1) is 0 Å². The van der Waals surface area contributed by atoms with Crippen molar-refractivity contribution in [2.24, 2.45) is 0 Å². The normalized spacial score (nSPS) is 14.5. The summed E-state index contributed by atoms with van der Waals surface area (Å²) in [7, 11) is 0. The lowest BCUT2D eigenvalue weighted by Gasteiger charge is -2.29. The Kier molecular flexibility index (Phi) is 4.35. The van der Waals surface area contributed by atoms with Crippen LogP contribution in [0.4, 0.5) is 5.69 Å². The summed E-state index contributed by atoms with van der Waals surface area (Å²) in [6, 6.07) is 14.0. The van der Waals surface area contributed by atoms with Crippen LogP contribution in [0.25, 0.3) is 43.9 Å². The highest BCUT2D eigenvalue weighted by Gasteiger charge is 2.15. The molecule has 4 heterocycles. The van der Waals surface area contributed by atoms with Gasteiger partial charge in [-0.2, -0.15) is 0 Å². The molecule has 3 aromatic heterocycles. The third-order valence-electron chi connectivity index (χ3n) is 5.91. The van der Waals surface area contributed by atoms with E-state index in [1.165, 1.54) is 19.3 Å². The van der Waals surface area contributed by atoms with Crippen molar-refractivity contribution in [2.75, 3.05) is 18.4 Å². The van der Waals surface area contributed by atoms with Gasteiger partial charge in [0.05, 0.1) is 33.1 Å². The van der Waals surface area contributed by atoms with Gasteiger partial charge in [-0.3, -0.25) is 9.97 Å². The van der Waals surface area contributed by atoms with Gasteiger partial charge in [-0.15, -0.1) is 0 Å². The summed E-state index contributed by atoms with van der Waals surface area (Å²) >= 11 is 5.64. The molecule has 0 atom stereocenters. The van der Waals surface area contributed by atoms with Crippen LogP contribution in [0.15, 0.2) is 54.9 Å². The number of hydrogen-bond acceptors (Lipinski definition) is 5. The molecular formula is C24H20N6S. The van der Waals surface area contributed by atoms with E-state index in [1.807, 2.05) is 42.5 Å². The third-order valence-corrected chi connectivity index (χ3v) is 6.27. The molecule has 1 aliphatic rings. The molecule has 31 heavy (non-hydrogen) atoms. The molecule has 0 aliphatic carbocycles. The molecular weight excluding hydrogens is 404 g/mol. The zero-order valence-electron chi connectivity index (χ0n) is 16.9. The van der Waals surface area contributed by atoms with Crippen LogP contribution in [0.1, 0.15) is 19.3 Å². The number of nitrogens with one attached hydrogen (secondary N) is 1. The van der Waals surface area contributed by atoms with Crippen molar-refractivity contribution in [3.05, 3.63) is 54.9 Å². The Labute approximate surface area is 184 Å². The first-order valence-electron chi connectivity index (χ1n) is 10.6. The standard InChI is InChI=1S/C24H20N6S/c31-24(30-12-2-1-3-13-30)27-15-8-9-18-19(14-15)29-23-17-7-5-11-26-21(17)20-16(22(23)28-18)6-4-10-25-20/h4-11,14H,1-3,12-13H2,(H,27,31). The zero-order chi connectivity index (χ0) is 20.8. The van der Waals surface area contributed by atoms with Gasteiger partial charge in [0.2, 0.25) is 0 Å². The molecule has 152 valence electrons. The Balaban J connectivity index is 1.51. The summed E-state index contributed by atoms with van der Waals surface area (Å²) in [5.41, 5.74) is 5.99. The summed E-state index contributed by atoms with van der Waals surface area (Å²) in [6.45, 7) is 2.04. The minimum atomic E-state index is 0.777. The predicted molar refractivity (Wildman–Crippen MR) is 129 cm³/mol. The number of hydrogen-bond donors (Lipinski definition) is 1. The Hall–Kier alpha value is -3.45. The van der Waals surface area contributed by atoms with Crippen LogP contribution in [0.5, 0.6) is 0 Å². The van der Waals surface area contributed by atoms with Crippen LogP contribution in [-0.4, -0.2) is 43.0 Å². The number of piperidine rings is 1. The first kappa shape index (κ1) is 18.3. The maximum absolute atomic E-state index is 5.64. The predicted octanol–water partition coefficient (Wildman–Crippen LogP) is 5.06. The van der Waals surface area contributed by atoms with Crippen LogP contribution < -0.4 is 5.32 Å². The van der Waals surface area contributed by atoms with Gasteiger partial charge in [0.25, 0.3) is 0 Å². The molecule has 6 nitrogen and oxygen atoms in total. The number of aromatic nitrogens is 4. The summed E-state index contributed by atoms with van der Waals surface area (Å²) in [6.07, 6.45) is 7.26. The molecule has 1 aliphatic heterocycles. The largest absolute Gasteiger partial charge is 0.349 e. The average Bonchev–Trinajstić information content (AvgIpc) is 2.84. The zero-order valence-corrected chi connectivity index (χ0v) is 17.7. The van der Waals surface area contributed by atoms with Crippen LogP contribution >= 0.6 is 12.2 Å². The van der Waals surface area contributed by atoms with Gasteiger partial charge in [-0.25, -0.2) is 9.97 Å². The van der Waals surface area contributed by atoms with E-state index in [9.17, 15) is 0 Å². The lowest BCUT2D eigenvalue weighted by molar-refractivity contribution is 0.346. The fourth-order valence-corrected chi connectivity index (χ4v) is 4.68. The van der Waals surface area contributed by atoms with Crippen LogP contribution in [0.3, 0.4) is 0 Å². The lowest BCUT2D eigenvalue weighted by Crippen LogP contribution is -2.38. The topological polar surface area (TPSA) is 66.8 Å². The second-order valence-electron chi connectivity index (χ2n) is 7.90. The van der Waals surface area contributed by atoms with Gasteiger partial charge in [0.1, 0.15) is 0 Å². The molecule has 0 amide bonds. The molecule has 6 rings (SSSR count). The van der Waals surface area contributed by atoms with Gasteiger partial charge in [0, 0.05) is 41.9 Å². The number of pyridine rings is 2. The summed E-state index contributed by atoms with van der Waals surface area (Å²) in [5, 5.41) is 6.09. The van der Waals surface area contributed by atoms with E-state index in [0.717, 1.165) is 67.8 Å². The summed E-state index contributed by atoms with van der Waals surface area (Å²) in [5.74, 6) is 0. The monoisotopic (exact) mass is 424 g/mol. The second-order valence-corrected chi connectivity index (χ2v) is 8.29. The van der Waals surface area contributed by atoms with Gasteiger partial charge in [-0.05, 0) is 73.9 Å². The molecule has 1 saturated heterocycles. The number of rotatable bonds is 1. The first-order chi connectivity index (χ1) is 15.3. The van der Waals surface area contributed by atoms with Crippen molar-refractivity contribution in [3.8, 4) is 0 Å². The SMILES string of the molecule is S=C(Nc1ccc2nc3c4cccnc4c4ncccc4c3nc2c1)N1CCCCC1. The van der Waals surface area contributed by atoms with E-state index in [2.05, 4.69) is 20.2 Å². The first-order valence-corrected chi connectivity index (χ1v) is 11.0. The van der Waals surface area contributed by atoms with E-state index in [1.54, 1.807) is 12.4 Å². The average molecular weight is 425 g/mol.